The van der Waals surface area contributed by atoms with Crippen LogP contribution >= 0.6 is 11.3 Å². The first-order chi connectivity index (χ1) is 11.2. The molecule has 1 aliphatic rings. The molecular formula is C18H19N3OS. The Balaban J connectivity index is 1.77. The third-order valence-electron chi connectivity index (χ3n) is 4.16. The van der Waals surface area contributed by atoms with Gasteiger partial charge >= 0.3 is 0 Å². The molecule has 0 saturated carbocycles. The number of thiophene rings is 1. The highest BCUT2D eigenvalue weighted by molar-refractivity contribution is 7.16. The van der Waals surface area contributed by atoms with Crippen LogP contribution in [0.15, 0.2) is 30.3 Å². The molecule has 0 fully saturated rings. The highest BCUT2D eigenvalue weighted by Crippen LogP contribution is 2.36. The Kier molecular flexibility index (Phi) is 4.75. The second-order valence-electron chi connectivity index (χ2n) is 5.65. The number of anilines is 1. The summed E-state index contributed by atoms with van der Waals surface area (Å²) in [6.45, 7) is 5.01. The van der Waals surface area contributed by atoms with Gasteiger partial charge in [0.1, 0.15) is 11.1 Å². The Hall–Kier alpha value is -2.16. The molecule has 2 heterocycles. The maximum absolute atomic E-state index is 12.3. The Morgan fingerprint density at radius 2 is 2.17 bits per heavy atom. The number of fused-ring (bicyclic) bond motifs is 1. The van der Waals surface area contributed by atoms with Gasteiger partial charge in [-0.05, 0) is 24.1 Å². The van der Waals surface area contributed by atoms with Gasteiger partial charge in [-0.3, -0.25) is 9.69 Å². The zero-order valence-corrected chi connectivity index (χ0v) is 13.9. The molecule has 0 unspecified atom stereocenters. The maximum atomic E-state index is 12.3. The monoisotopic (exact) mass is 325 g/mol. The Morgan fingerprint density at radius 3 is 2.87 bits per heavy atom. The summed E-state index contributed by atoms with van der Waals surface area (Å²) >= 11 is 1.55. The number of carbonyl (C=O) groups is 1. The minimum atomic E-state index is -0.0707. The van der Waals surface area contributed by atoms with E-state index < -0.39 is 0 Å². The van der Waals surface area contributed by atoms with Gasteiger partial charge in [0.25, 0.3) is 0 Å². The number of nitriles is 1. The average Bonchev–Trinajstić information content (AvgIpc) is 2.91. The summed E-state index contributed by atoms with van der Waals surface area (Å²) in [6, 6.07) is 11.9. The number of nitrogens with zero attached hydrogens (tertiary/aromatic N) is 2. The van der Waals surface area contributed by atoms with Crippen molar-refractivity contribution in [2.45, 2.75) is 26.3 Å². The van der Waals surface area contributed by atoms with E-state index in [-0.39, 0.29) is 5.91 Å². The lowest BCUT2D eigenvalue weighted by Crippen LogP contribution is -2.29. The van der Waals surface area contributed by atoms with Crippen LogP contribution in [0.1, 0.15) is 28.5 Å². The van der Waals surface area contributed by atoms with E-state index in [9.17, 15) is 10.1 Å². The molecule has 0 aliphatic carbocycles. The molecule has 0 spiro atoms. The molecule has 0 saturated heterocycles. The van der Waals surface area contributed by atoms with Gasteiger partial charge in [-0.25, -0.2) is 0 Å². The summed E-state index contributed by atoms with van der Waals surface area (Å²) < 4.78 is 0. The summed E-state index contributed by atoms with van der Waals surface area (Å²) in [7, 11) is 0. The van der Waals surface area contributed by atoms with Gasteiger partial charge in [0.15, 0.2) is 0 Å². The van der Waals surface area contributed by atoms with Crippen LogP contribution in [0.5, 0.6) is 0 Å². The van der Waals surface area contributed by atoms with Crippen molar-refractivity contribution in [3.63, 3.8) is 0 Å². The molecule has 118 valence electrons. The standard InChI is InChI=1S/C18H19N3OS/c1-2-21-9-8-14-15(11-19)18(23-16(14)12-21)20-17(22)10-13-6-4-3-5-7-13/h3-7H,2,8-10,12H2,1H3,(H,20,22). The molecule has 1 aromatic carbocycles. The lowest BCUT2D eigenvalue weighted by Gasteiger charge is -2.24. The molecule has 3 rings (SSSR count). The molecule has 0 radical (unpaired) electrons. The molecule has 0 bridgehead atoms. The minimum absolute atomic E-state index is 0.0707. The van der Waals surface area contributed by atoms with Crippen molar-refractivity contribution in [2.75, 3.05) is 18.4 Å². The zero-order valence-electron chi connectivity index (χ0n) is 13.1. The molecule has 0 atom stereocenters. The molecule has 1 aromatic heterocycles. The molecule has 23 heavy (non-hydrogen) atoms. The fourth-order valence-corrected chi connectivity index (χ4v) is 4.14. The largest absolute Gasteiger partial charge is 0.316 e. The number of rotatable bonds is 4. The first-order valence-corrected chi connectivity index (χ1v) is 8.63. The summed E-state index contributed by atoms with van der Waals surface area (Å²) in [5.41, 5.74) is 2.75. The van der Waals surface area contributed by atoms with E-state index in [0.29, 0.717) is 17.0 Å². The number of hydrogen-bond donors (Lipinski definition) is 1. The number of carbonyl (C=O) groups excluding carboxylic acids is 1. The van der Waals surface area contributed by atoms with Gasteiger partial charge in [0, 0.05) is 18.0 Å². The first kappa shape index (κ1) is 15.7. The van der Waals surface area contributed by atoms with Gasteiger partial charge < -0.3 is 5.32 Å². The third kappa shape index (κ3) is 3.44. The zero-order chi connectivity index (χ0) is 16.2. The predicted molar refractivity (Wildman–Crippen MR) is 92.5 cm³/mol. The molecule has 4 nitrogen and oxygen atoms in total. The van der Waals surface area contributed by atoms with Crippen molar-refractivity contribution >= 4 is 22.2 Å². The Labute approximate surface area is 140 Å². The normalized spacial score (nSPS) is 14.1. The van der Waals surface area contributed by atoms with E-state index in [1.807, 2.05) is 30.3 Å². The smallest absolute Gasteiger partial charge is 0.229 e. The second kappa shape index (κ2) is 6.95. The Morgan fingerprint density at radius 1 is 1.39 bits per heavy atom. The number of likely N-dealkylation sites (N-methyl/N-ethyl adjacent to an activating group) is 1. The molecule has 5 heteroatoms. The summed E-state index contributed by atoms with van der Waals surface area (Å²) in [5, 5.41) is 13.1. The van der Waals surface area contributed by atoms with Crippen molar-refractivity contribution in [3.8, 4) is 6.07 Å². The van der Waals surface area contributed by atoms with Gasteiger partial charge in [0.05, 0.1) is 12.0 Å². The number of amides is 1. The van der Waals surface area contributed by atoms with Crippen LogP contribution in [0.25, 0.3) is 0 Å². The Bertz CT molecular complexity index is 746. The van der Waals surface area contributed by atoms with Gasteiger partial charge in [-0.15, -0.1) is 11.3 Å². The van der Waals surface area contributed by atoms with Crippen LogP contribution in [0.3, 0.4) is 0 Å². The third-order valence-corrected chi connectivity index (χ3v) is 5.29. The lowest BCUT2D eigenvalue weighted by molar-refractivity contribution is -0.115. The maximum Gasteiger partial charge on any atom is 0.229 e. The van der Waals surface area contributed by atoms with E-state index in [1.54, 1.807) is 11.3 Å². The SMILES string of the molecule is CCN1CCc2c(sc(NC(=O)Cc3ccccc3)c2C#N)C1. The molecular weight excluding hydrogens is 306 g/mol. The summed E-state index contributed by atoms with van der Waals surface area (Å²) in [4.78, 5) is 15.8. The van der Waals surface area contributed by atoms with E-state index in [2.05, 4.69) is 23.2 Å². The van der Waals surface area contributed by atoms with E-state index in [1.165, 1.54) is 4.88 Å². The van der Waals surface area contributed by atoms with Crippen molar-refractivity contribution in [1.82, 2.24) is 4.90 Å². The highest BCUT2D eigenvalue weighted by atomic mass is 32.1. The van der Waals surface area contributed by atoms with E-state index in [4.69, 9.17) is 0 Å². The molecule has 1 aliphatic heterocycles. The van der Waals surface area contributed by atoms with Crippen LogP contribution in [0, 0.1) is 11.3 Å². The van der Waals surface area contributed by atoms with Gasteiger partial charge in [-0.2, -0.15) is 5.26 Å². The topological polar surface area (TPSA) is 56.1 Å². The predicted octanol–water partition coefficient (Wildman–Crippen LogP) is 3.18. The molecule has 1 N–H and O–H groups in total. The minimum Gasteiger partial charge on any atom is -0.316 e. The summed E-state index contributed by atoms with van der Waals surface area (Å²) in [5.74, 6) is -0.0707. The summed E-state index contributed by atoms with van der Waals surface area (Å²) in [6.07, 6.45) is 1.21. The fraction of sp³-hybridized carbons (Fsp3) is 0.333. The van der Waals surface area contributed by atoms with Gasteiger partial charge in [-0.1, -0.05) is 37.3 Å². The fourth-order valence-electron chi connectivity index (χ4n) is 2.88. The van der Waals surface area contributed by atoms with Crippen LogP contribution in [0.2, 0.25) is 0 Å². The van der Waals surface area contributed by atoms with Crippen LogP contribution in [-0.2, 0) is 24.2 Å². The van der Waals surface area contributed by atoms with Crippen LogP contribution < -0.4 is 5.32 Å². The number of nitrogens with one attached hydrogen (secondary N) is 1. The first-order valence-electron chi connectivity index (χ1n) is 7.82. The van der Waals surface area contributed by atoms with Crippen LogP contribution in [-0.4, -0.2) is 23.9 Å². The van der Waals surface area contributed by atoms with E-state index >= 15 is 0 Å². The lowest BCUT2D eigenvalue weighted by atomic mass is 10.0. The second-order valence-corrected chi connectivity index (χ2v) is 6.75. The molecule has 2 aromatic rings. The highest BCUT2D eigenvalue weighted by Gasteiger charge is 2.24. The van der Waals surface area contributed by atoms with Crippen molar-refractivity contribution in [2.24, 2.45) is 0 Å². The van der Waals surface area contributed by atoms with Crippen LogP contribution in [0.4, 0.5) is 5.00 Å². The quantitative estimate of drug-likeness (QED) is 0.939. The van der Waals surface area contributed by atoms with E-state index in [0.717, 1.165) is 37.2 Å². The van der Waals surface area contributed by atoms with Crippen molar-refractivity contribution < 1.29 is 4.79 Å². The number of hydrogen-bond acceptors (Lipinski definition) is 4. The van der Waals surface area contributed by atoms with Gasteiger partial charge in [0.2, 0.25) is 5.91 Å². The van der Waals surface area contributed by atoms with Crippen molar-refractivity contribution in [3.05, 3.63) is 51.9 Å². The van der Waals surface area contributed by atoms with Crippen molar-refractivity contribution in [1.29, 1.82) is 5.26 Å². The molecule has 1 amide bonds. The number of benzene rings is 1. The average molecular weight is 325 g/mol.